The summed E-state index contributed by atoms with van der Waals surface area (Å²) in [5.74, 6) is -1.13. The fourth-order valence-corrected chi connectivity index (χ4v) is 8.11. The second-order valence-corrected chi connectivity index (χ2v) is 13.8. The molecule has 2 aliphatic rings. The van der Waals surface area contributed by atoms with Crippen LogP contribution in [-0.2, 0) is 22.7 Å². The van der Waals surface area contributed by atoms with Gasteiger partial charge in [-0.05, 0) is 39.8 Å². The van der Waals surface area contributed by atoms with Crippen LogP contribution >= 0.6 is 0 Å². The summed E-state index contributed by atoms with van der Waals surface area (Å²) in [6.07, 6.45) is -4.75. The Kier molecular flexibility index (Phi) is 9.62. The Balaban J connectivity index is 1.38. The molecular weight excluding hydrogens is 635 g/mol. The molecule has 1 N–H and O–H groups in total. The van der Waals surface area contributed by atoms with Crippen LogP contribution < -0.4 is 4.74 Å². The first-order valence-electron chi connectivity index (χ1n) is 15.3. The van der Waals surface area contributed by atoms with E-state index in [1.54, 1.807) is 12.1 Å². The molecule has 4 aromatic rings. The van der Waals surface area contributed by atoms with Crippen molar-refractivity contribution in [3.05, 3.63) is 101 Å². The van der Waals surface area contributed by atoms with E-state index in [0.717, 1.165) is 11.1 Å². The van der Waals surface area contributed by atoms with E-state index in [2.05, 4.69) is 49.6 Å². The number of tetrazole rings is 1. The average Bonchev–Trinajstić information content (AvgIpc) is 3.57. The Bertz CT molecular complexity index is 1720. The van der Waals surface area contributed by atoms with Gasteiger partial charge < -0.3 is 9.84 Å². The highest BCUT2D eigenvalue weighted by Crippen LogP contribution is 2.37. The summed E-state index contributed by atoms with van der Waals surface area (Å²) in [7, 11) is -2.15. The van der Waals surface area contributed by atoms with Gasteiger partial charge in [-0.1, -0.05) is 60.7 Å². The highest BCUT2D eigenvalue weighted by molar-refractivity contribution is 7.89. The first-order valence-corrected chi connectivity index (χ1v) is 16.9. The molecule has 0 aliphatic carbocycles. The molecule has 11 nitrogen and oxygen atoms in total. The van der Waals surface area contributed by atoms with Gasteiger partial charge in [0.05, 0.1) is 25.2 Å². The summed E-state index contributed by atoms with van der Waals surface area (Å²) >= 11 is 0. The predicted molar refractivity (Wildman–Crippen MR) is 167 cm³/mol. The molecule has 1 aromatic heterocycles. The second kappa shape index (κ2) is 13.7. The molecule has 15 heteroatoms. The highest BCUT2D eigenvalue weighted by Gasteiger charge is 2.44. The van der Waals surface area contributed by atoms with Crippen LogP contribution in [-0.4, -0.2) is 112 Å². The van der Waals surface area contributed by atoms with Gasteiger partial charge in [-0.3, -0.25) is 9.80 Å². The average molecular weight is 672 g/mol. The number of ether oxygens (including phenoxy) is 1. The van der Waals surface area contributed by atoms with Crippen LogP contribution in [0.3, 0.4) is 0 Å². The van der Waals surface area contributed by atoms with Crippen LogP contribution in [0.15, 0.2) is 78.9 Å². The Labute approximate surface area is 271 Å². The number of halogens is 3. The third kappa shape index (κ3) is 7.04. The van der Waals surface area contributed by atoms with Gasteiger partial charge in [0.1, 0.15) is 5.75 Å². The van der Waals surface area contributed by atoms with Crippen molar-refractivity contribution in [3.8, 4) is 11.4 Å². The van der Waals surface area contributed by atoms with Crippen molar-refractivity contribution in [2.75, 3.05) is 52.2 Å². The molecule has 3 heterocycles. The number of fused-ring (bicyclic) bond motifs is 1. The van der Waals surface area contributed by atoms with Crippen LogP contribution in [0.25, 0.3) is 5.69 Å². The minimum Gasteiger partial charge on any atom is -0.496 e. The standard InChI is InChI=1S/C32H36F3N7O4S/c1-46-29-13-12-26(42-31(32(33,34)35)36-37-38-42)18-25(29)19-39-20-27-21-40(47(44,45)17-16-43)14-15-41(27)28(22-39)30(23-8-4-2-5-9-23)24-10-6-3-7-11-24/h2-13,18,27-28,30,43H,14-17,19-22H2,1H3/t27-,28+/m1/s1. The van der Waals surface area contributed by atoms with E-state index in [1.165, 1.54) is 17.5 Å². The Hall–Kier alpha value is -3.89. The van der Waals surface area contributed by atoms with Crippen molar-refractivity contribution in [3.63, 3.8) is 0 Å². The Morgan fingerprint density at radius 3 is 2.26 bits per heavy atom. The molecule has 0 spiro atoms. The number of sulfonamides is 1. The summed E-state index contributed by atoms with van der Waals surface area (Å²) < 4.78 is 74.8. The third-order valence-corrected chi connectivity index (χ3v) is 10.7. The smallest absolute Gasteiger partial charge is 0.453 e. The molecule has 2 fully saturated rings. The first kappa shape index (κ1) is 33.0. The van der Waals surface area contributed by atoms with Crippen LogP contribution in [0.5, 0.6) is 5.75 Å². The number of nitrogens with zero attached hydrogens (tertiary/aromatic N) is 7. The van der Waals surface area contributed by atoms with Gasteiger partial charge in [-0.25, -0.2) is 8.42 Å². The number of alkyl halides is 3. The van der Waals surface area contributed by atoms with E-state index in [9.17, 15) is 26.7 Å². The summed E-state index contributed by atoms with van der Waals surface area (Å²) in [6.45, 7) is 2.05. The second-order valence-electron chi connectivity index (χ2n) is 11.8. The fraction of sp³-hybridized carbons (Fsp3) is 0.406. The fourth-order valence-electron chi connectivity index (χ4n) is 6.86. The third-order valence-electron chi connectivity index (χ3n) is 8.90. The van der Waals surface area contributed by atoms with Crippen LogP contribution in [0, 0.1) is 0 Å². The monoisotopic (exact) mass is 671 g/mol. The van der Waals surface area contributed by atoms with Crippen molar-refractivity contribution in [2.24, 2.45) is 0 Å². The molecule has 0 bridgehead atoms. The molecule has 250 valence electrons. The van der Waals surface area contributed by atoms with Gasteiger partial charge in [0, 0.05) is 62.8 Å². The van der Waals surface area contributed by atoms with E-state index < -0.39 is 28.6 Å². The van der Waals surface area contributed by atoms with Gasteiger partial charge in [0.15, 0.2) is 0 Å². The zero-order valence-electron chi connectivity index (χ0n) is 25.7. The molecule has 2 atom stereocenters. The quantitative estimate of drug-likeness (QED) is 0.272. The van der Waals surface area contributed by atoms with Gasteiger partial charge in [-0.2, -0.15) is 22.2 Å². The Morgan fingerprint density at radius 1 is 0.957 bits per heavy atom. The minimum atomic E-state index is -4.75. The maximum absolute atomic E-state index is 13.6. The number of aliphatic hydroxyl groups excluding tert-OH is 1. The van der Waals surface area contributed by atoms with Crippen molar-refractivity contribution < 1.29 is 31.4 Å². The number of piperazine rings is 2. The number of hydrogen-bond donors (Lipinski definition) is 1. The van der Waals surface area contributed by atoms with Gasteiger partial charge >= 0.3 is 6.18 Å². The maximum Gasteiger partial charge on any atom is 0.453 e. The lowest BCUT2D eigenvalue weighted by Crippen LogP contribution is -2.67. The first-order chi connectivity index (χ1) is 22.6. The zero-order chi connectivity index (χ0) is 33.2. The van der Waals surface area contributed by atoms with E-state index in [-0.39, 0.29) is 36.0 Å². The van der Waals surface area contributed by atoms with Crippen molar-refractivity contribution in [1.29, 1.82) is 0 Å². The summed E-state index contributed by atoms with van der Waals surface area (Å²) in [4.78, 5) is 4.61. The molecule has 6 rings (SSSR count). The predicted octanol–water partition coefficient (Wildman–Crippen LogP) is 3.01. The molecule has 2 saturated heterocycles. The van der Waals surface area contributed by atoms with Crippen LogP contribution in [0.2, 0.25) is 0 Å². The van der Waals surface area contributed by atoms with Crippen LogP contribution in [0.4, 0.5) is 13.2 Å². The molecule has 0 unspecified atom stereocenters. The number of aromatic nitrogens is 4. The van der Waals surface area contributed by atoms with E-state index in [4.69, 9.17) is 4.74 Å². The van der Waals surface area contributed by atoms with Gasteiger partial charge in [0.25, 0.3) is 5.82 Å². The number of methoxy groups -OCH3 is 1. The van der Waals surface area contributed by atoms with E-state index in [1.807, 2.05) is 36.4 Å². The molecule has 0 radical (unpaired) electrons. The molecular formula is C32H36F3N7O4S. The number of benzene rings is 3. The van der Waals surface area contributed by atoms with E-state index in [0.29, 0.717) is 48.7 Å². The number of hydrogen-bond acceptors (Lipinski definition) is 9. The molecule has 0 saturated carbocycles. The summed E-state index contributed by atoms with van der Waals surface area (Å²) in [5, 5.41) is 19.5. The molecule has 2 aliphatic heterocycles. The Morgan fingerprint density at radius 2 is 1.64 bits per heavy atom. The van der Waals surface area contributed by atoms with Crippen molar-refractivity contribution >= 4 is 10.0 Å². The van der Waals surface area contributed by atoms with Crippen molar-refractivity contribution in [1.82, 2.24) is 34.3 Å². The molecule has 3 aromatic carbocycles. The summed E-state index contributed by atoms with van der Waals surface area (Å²) in [5.41, 5.74) is 3.02. The highest BCUT2D eigenvalue weighted by atomic mass is 32.2. The molecule has 0 amide bonds. The zero-order valence-corrected chi connectivity index (χ0v) is 26.6. The number of aliphatic hydroxyl groups is 1. The van der Waals surface area contributed by atoms with E-state index >= 15 is 0 Å². The normalized spacial score (nSPS) is 20.0. The lowest BCUT2D eigenvalue weighted by atomic mass is 9.81. The van der Waals surface area contributed by atoms with Gasteiger partial charge in [-0.15, -0.1) is 5.10 Å². The lowest BCUT2D eigenvalue weighted by Gasteiger charge is -2.53. The maximum atomic E-state index is 13.6. The lowest BCUT2D eigenvalue weighted by molar-refractivity contribution is -0.146. The SMILES string of the molecule is COc1ccc(-n2nnnc2C(F)(F)F)cc1CN1C[C@@H]2CN(S(=O)(=O)CCO)CCN2[C@H](C(c2ccccc2)c2ccccc2)C1. The minimum absolute atomic E-state index is 0.0490. The van der Waals surface area contributed by atoms with Crippen LogP contribution in [0.1, 0.15) is 28.4 Å². The van der Waals surface area contributed by atoms with Gasteiger partial charge in [0.2, 0.25) is 10.0 Å². The van der Waals surface area contributed by atoms with Crippen molar-refractivity contribution in [2.45, 2.75) is 30.7 Å². The number of rotatable bonds is 10. The molecule has 47 heavy (non-hydrogen) atoms. The summed E-state index contributed by atoms with van der Waals surface area (Å²) in [6, 6.07) is 24.8. The topological polar surface area (TPSA) is 117 Å². The largest absolute Gasteiger partial charge is 0.496 e.